The van der Waals surface area contributed by atoms with Crippen LogP contribution >= 0.6 is 0 Å². The van der Waals surface area contributed by atoms with Crippen LogP contribution in [0.3, 0.4) is 0 Å². The van der Waals surface area contributed by atoms with Gasteiger partial charge in [-0.1, -0.05) is 24.3 Å². The fourth-order valence-electron chi connectivity index (χ4n) is 5.67. The van der Waals surface area contributed by atoms with Crippen LogP contribution in [0.15, 0.2) is 24.3 Å². The van der Waals surface area contributed by atoms with Crippen LogP contribution in [0.25, 0.3) is 0 Å². The van der Waals surface area contributed by atoms with E-state index in [1.54, 1.807) is 11.1 Å². The highest BCUT2D eigenvalue weighted by atomic mass is 16.1. The summed E-state index contributed by atoms with van der Waals surface area (Å²) in [5.74, 6) is 1.31. The molecule has 1 atom stereocenters. The minimum atomic E-state index is 0.217. The van der Waals surface area contributed by atoms with Gasteiger partial charge in [-0.3, -0.25) is 14.6 Å². The summed E-state index contributed by atoms with van der Waals surface area (Å²) in [6, 6.07) is 10.4. The van der Waals surface area contributed by atoms with Crippen LogP contribution in [0.1, 0.15) is 49.7 Å². The first-order valence-corrected chi connectivity index (χ1v) is 11.6. The molecule has 1 saturated carbocycles. The number of carbonyl (C=O) groups is 1. The van der Waals surface area contributed by atoms with E-state index in [1.165, 1.54) is 64.6 Å². The van der Waals surface area contributed by atoms with Crippen molar-refractivity contribution in [2.24, 2.45) is 11.8 Å². The van der Waals surface area contributed by atoms with Crippen molar-refractivity contribution in [1.82, 2.24) is 15.1 Å². The molecule has 152 valence electrons. The van der Waals surface area contributed by atoms with E-state index < -0.39 is 0 Å². The Bertz CT molecular complexity index is 668. The van der Waals surface area contributed by atoms with E-state index in [1.807, 2.05) is 0 Å². The summed E-state index contributed by atoms with van der Waals surface area (Å²) < 4.78 is 0. The highest BCUT2D eigenvalue weighted by molar-refractivity contribution is 5.79. The molecule has 1 aromatic rings. The predicted molar refractivity (Wildman–Crippen MR) is 112 cm³/mol. The number of nitrogens with one attached hydrogen (secondary N) is 1. The highest BCUT2D eigenvalue weighted by Crippen LogP contribution is 2.30. The van der Waals surface area contributed by atoms with Crippen LogP contribution in [0.2, 0.25) is 0 Å². The van der Waals surface area contributed by atoms with Crippen LogP contribution in [0, 0.1) is 11.8 Å². The summed E-state index contributed by atoms with van der Waals surface area (Å²) in [4.78, 5) is 17.9. The summed E-state index contributed by atoms with van der Waals surface area (Å²) >= 11 is 0. The summed E-state index contributed by atoms with van der Waals surface area (Å²) in [5, 5.41) is 3.22. The van der Waals surface area contributed by atoms with Gasteiger partial charge in [0.05, 0.1) is 5.92 Å². The second kappa shape index (κ2) is 8.16. The van der Waals surface area contributed by atoms with Gasteiger partial charge >= 0.3 is 0 Å². The molecule has 5 rings (SSSR count). The molecule has 4 heteroatoms. The molecule has 3 fully saturated rings. The Morgan fingerprint density at radius 2 is 1.61 bits per heavy atom. The number of piperidine rings is 2. The van der Waals surface area contributed by atoms with Gasteiger partial charge in [-0.05, 0) is 88.0 Å². The quantitative estimate of drug-likeness (QED) is 0.852. The van der Waals surface area contributed by atoms with Crippen molar-refractivity contribution >= 4 is 5.91 Å². The Morgan fingerprint density at radius 1 is 0.893 bits per heavy atom. The fourth-order valence-corrected chi connectivity index (χ4v) is 5.67. The number of benzene rings is 1. The van der Waals surface area contributed by atoms with Crippen molar-refractivity contribution in [2.45, 2.75) is 63.5 Å². The van der Waals surface area contributed by atoms with Crippen LogP contribution in [0.5, 0.6) is 0 Å². The average Bonchev–Trinajstić information content (AvgIpc) is 3.48. The molecule has 0 bridgehead atoms. The molecule has 0 radical (unpaired) electrons. The first-order chi connectivity index (χ1) is 13.8. The number of nitrogens with zero attached hydrogens (tertiary/aromatic N) is 2. The Balaban J connectivity index is 1.10. The zero-order chi connectivity index (χ0) is 18.9. The molecule has 1 N–H and O–H groups in total. The maximum Gasteiger partial charge on any atom is 0.224 e. The van der Waals surface area contributed by atoms with E-state index in [-0.39, 0.29) is 5.92 Å². The predicted octanol–water partition coefficient (Wildman–Crippen LogP) is 2.86. The van der Waals surface area contributed by atoms with Crippen molar-refractivity contribution in [3.05, 3.63) is 35.4 Å². The van der Waals surface area contributed by atoms with Gasteiger partial charge in [0.25, 0.3) is 0 Å². The van der Waals surface area contributed by atoms with E-state index in [4.69, 9.17) is 0 Å². The second-order valence-electron chi connectivity index (χ2n) is 9.62. The Morgan fingerprint density at radius 3 is 2.29 bits per heavy atom. The van der Waals surface area contributed by atoms with Crippen molar-refractivity contribution in [3.8, 4) is 0 Å². The van der Waals surface area contributed by atoms with Crippen LogP contribution in [-0.4, -0.2) is 60.5 Å². The first kappa shape index (κ1) is 18.6. The van der Waals surface area contributed by atoms with Crippen molar-refractivity contribution in [2.75, 3.05) is 32.7 Å². The molecule has 1 aromatic carbocycles. The van der Waals surface area contributed by atoms with Gasteiger partial charge in [-0.2, -0.15) is 0 Å². The minimum Gasteiger partial charge on any atom is -0.356 e. The van der Waals surface area contributed by atoms with E-state index in [9.17, 15) is 4.79 Å². The van der Waals surface area contributed by atoms with Gasteiger partial charge in [-0.25, -0.2) is 0 Å². The SMILES string of the molecule is O=C(NCC1CC1)C1CCCN(C2CCN(C3Cc4ccccc4C3)CC2)C1. The lowest BCUT2D eigenvalue weighted by Gasteiger charge is -2.43. The number of likely N-dealkylation sites (tertiary alicyclic amines) is 2. The third-order valence-electron chi connectivity index (χ3n) is 7.65. The smallest absolute Gasteiger partial charge is 0.224 e. The highest BCUT2D eigenvalue weighted by Gasteiger charge is 2.34. The maximum absolute atomic E-state index is 12.5. The van der Waals surface area contributed by atoms with Crippen molar-refractivity contribution < 1.29 is 4.79 Å². The second-order valence-corrected chi connectivity index (χ2v) is 9.62. The molecule has 2 aliphatic carbocycles. The molecule has 1 amide bonds. The van der Waals surface area contributed by atoms with Gasteiger partial charge in [-0.15, -0.1) is 0 Å². The van der Waals surface area contributed by atoms with Crippen LogP contribution < -0.4 is 5.32 Å². The van der Waals surface area contributed by atoms with E-state index in [0.29, 0.717) is 18.0 Å². The largest absolute Gasteiger partial charge is 0.356 e. The third kappa shape index (κ3) is 4.13. The lowest BCUT2D eigenvalue weighted by atomic mass is 9.92. The molecule has 4 nitrogen and oxygen atoms in total. The third-order valence-corrected chi connectivity index (χ3v) is 7.65. The zero-order valence-corrected chi connectivity index (χ0v) is 17.1. The number of fused-ring (bicyclic) bond motifs is 1. The van der Waals surface area contributed by atoms with Crippen molar-refractivity contribution in [3.63, 3.8) is 0 Å². The molecule has 4 aliphatic rings. The Labute approximate surface area is 169 Å². The van der Waals surface area contributed by atoms with Gasteiger partial charge in [0, 0.05) is 25.2 Å². The summed E-state index contributed by atoms with van der Waals surface area (Å²) in [6.07, 6.45) is 9.86. The zero-order valence-electron chi connectivity index (χ0n) is 17.1. The Kier molecular flexibility index (Phi) is 5.43. The van der Waals surface area contributed by atoms with E-state index >= 15 is 0 Å². The minimum absolute atomic E-state index is 0.217. The molecule has 28 heavy (non-hydrogen) atoms. The van der Waals surface area contributed by atoms with E-state index in [0.717, 1.165) is 25.4 Å². The topological polar surface area (TPSA) is 35.6 Å². The molecule has 0 aromatic heterocycles. The average molecular weight is 382 g/mol. The van der Waals surface area contributed by atoms with Crippen LogP contribution in [-0.2, 0) is 17.6 Å². The van der Waals surface area contributed by atoms with Gasteiger partial charge < -0.3 is 5.32 Å². The summed E-state index contributed by atoms with van der Waals surface area (Å²) in [7, 11) is 0. The monoisotopic (exact) mass is 381 g/mol. The first-order valence-electron chi connectivity index (χ1n) is 11.6. The fraction of sp³-hybridized carbons (Fsp3) is 0.708. The number of rotatable bonds is 5. The van der Waals surface area contributed by atoms with Gasteiger partial charge in [0.1, 0.15) is 0 Å². The van der Waals surface area contributed by atoms with Crippen LogP contribution in [0.4, 0.5) is 0 Å². The summed E-state index contributed by atoms with van der Waals surface area (Å²) in [6.45, 7) is 5.52. The lowest BCUT2D eigenvalue weighted by molar-refractivity contribution is -0.127. The number of hydrogen-bond acceptors (Lipinski definition) is 3. The number of carbonyl (C=O) groups excluding carboxylic acids is 1. The number of hydrogen-bond donors (Lipinski definition) is 1. The molecule has 2 saturated heterocycles. The van der Waals surface area contributed by atoms with Gasteiger partial charge in [0.15, 0.2) is 0 Å². The van der Waals surface area contributed by atoms with E-state index in [2.05, 4.69) is 39.4 Å². The molecule has 0 spiro atoms. The maximum atomic E-state index is 12.5. The van der Waals surface area contributed by atoms with Crippen molar-refractivity contribution in [1.29, 1.82) is 0 Å². The summed E-state index contributed by atoms with van der Waals surface area (Å²) in [5.41, 5.74) is 3.12. The van der Waals surface area contributed by atoms with Gasteiger partial charge in [0.2, 0.25) is 5.91 Å². The number of amides is 1. The molecule has 2 heterocycles. The molecule has 2 aliphatic heterocycles. The Hall–Kier alpha value is -1.39. The standard InChI is InChI=1S/C24H35N3O/c28-24(25-16-18-7-8-18)21-6-3-11-27(17-21)22-9-12-26(13-10-22)23-14-19-4-1-2-5-20(19)15-23/h1-2,4-5,18,21-23H,3,6-17H2,(H,25,28). The molecule has 1 unspecified atom stereocenters. The normalized spacial score (nSPS) is 27.6. The molecular weight excluding hydrogens is 346 g/mol. The molecular formula is C24H35N3O. The lowest BCUT2D eigenvalue weighted by Crippen LogP contribution is -2.52.